The fourth-order valence-corrected chi connectivity index (χ4v) is 3.85. The summed E-state index contributed by atoms with van der Waals surface area (Å²) in [6.07, 6.45) is 5.40. The molecule has 0 amide bonds. The van der Waals surface area contributed by atoms with E-state index in [1.54, 1.807) is 11.3 Å². The van der Waals surface area contributed by atoms with Crippen LogP contribution in [0, 0.1) is 11.3 Å². The molecule has 1 nitrogen and oxygen atoms in total. The van der Waals surface area contributed by atoms with Crippen LogP contribution in [0.4, 0.5) is 0 Å². The van der Waals surface area contributed by atoms with Gasteiger partial charge in [0.15, 0.2) is 0 Å². The Morgan fingerprint density at radius 2 is 1.94 bits per heavy atom. The first-order valence-corrected chi connectivity index (χ1v) is 7.45. The van der Waals surface area contributed by atoms with Gasteiger partial charge in [0.25, 0.3) is 0 Å². The van der Waals surface area contributed by atoms with Gasteiger partial charge in [-0.05, 0) is 24.2 Å². The number of hydrogen-bond acceptors (Lipinski definition) is 3. The maximum atomic E-state index is 4.58. The molecule has 4 heteroatoms. The molecule has 0 bridgehead atoms. The molecule has 0 aliphatic heterocycles. The predicted molar refractivity (Wildman–Crippen MR) is 80.7 cm³/mol. The zero-order valence-corrected chi connectivity index (χ0v) is 12.1. The molecule has 2 atom stereocenters. The van der Waals surface area contributed by atoms with E-state index in [0.29, 0.717) is 11.3 Å². The van der Waals surface area contributed by atoms with Gasteiger partial charge in [0.05, 0.1) is 5.69 Å². The van der Waals surface area contributed by atoms with Crippen LogP contribution in [0.3, 0.4) is 0 Å². The van der Waals surface area contributed by atoms with Crippen molar-refractivity contribution < 1.29 is 0 Å². The predicted octanol–water partition coefficient (Wildman–Crippen LogP) is 4.10. The molecule has 92 valence electrons. The monoisotopic (exact) mass is 295 g/mol. The third-order valence-electron chi connectivity index (χ3n) is 3.77. The van der Waals surface area contributed by atoms with Crippen molar-refractivity contribution in [2.45, 2.75) is 56.7 Å². The summed E-state index contributed by atoms with van der Waals surface area (Å²) in [6.45, 7) is 7.10. The first-order chi connectivity index (χ1) is 7.48. The first kappa shape index (κ1) is 16.7. The van der Waals surface area contributed by atoms with E-state index in [2.05, 4.69) is 43.8 Å². The van der Waals surface area contributed by atoms with Crippen LogP contribution >= 0.6 is 24.0 Å². The molecular formula is C13H22KNS2. The molecule has 1 heterocycles. The van der Waals surface area contributed by atoms with Gasteiger partial charge in [0.2, 0.25) is 0 Å². The molecule has 0 spiro atoms. The number of thiol groups is 1. The molecular weight excluding hydrogens is 273 g/mol. The van der Waals surface area contributed by atoms with Gasteiger partial charge in [-0.25, -0.2) is 4.98 Å². The molecule has 1 aromatic rings. The molecule has 1 aliphatic rings. The minimum atomic E-state index is 0. The second kappa shape index (κ2) is 6.87. The number of nitrogens with zero attached hydrogens (tertiary/aromatic N) is 1. The Kier molecular flexibility index (Phi) is 6.73. The molecule has 1 saturated carbocycles. The van der Waals surface area contributed by atoms with Crippen molar-refractivity contribution in [3.05, 3.63) is 11.1 Å². The van der Waals surface area contributed by atoms with E-state index >= 15 is 0 Å². The van der Waals surface area contributed by atoms with E-state index in [1.807, 2.05) is 0 Å². The summed E-state index contributed by atoms with van der Waals surface area (Å²) in [4.78, 5) is 4.58. The van der Waals surface area contributed by atoms with E-state index in [0.717, 1.165) is 10.3 Å². The van der Waals surface area contributed by atoms with E-state index in [9.17, 15) is 0 Å². The third kappa shape index (κ3) is 4.30. The van der Waals surface area contributed by atoms with Gasteiger partial charge in [-0.3, -0.25) is 0 Å². The van der Waals surface area contributed by atoms with Crippen molar-refractivity contribution in [2.24, 2.45) is 11.3 Å². The summed E-state index contributed by atoms with van der Waals surface area (Å²) in [6, 6.07) is 0. The summed E-state index contributed by atoms with van der Waals surface area (Å²) in [5.74, 6) is 1.43. The average molecular weight is 296 g/mol. The Hall–Kier alpha value is 1.62. The molecule has 0 N–H and O–H groups in total. The molecule has 0 aromatic carbocycles. The second-order valence-electron chi connectivity index (χ2n) is 5.92. The van der Waals surface area contributed by atoms with Crippen molar-refractivity contribution in [3.63, 3.8) is 0 Å². The van der Waals surface area contributed by atoms with E-state index in [-0.39, 0.29) is 51.4 Å². The first-order valence-electron chi connectivity index (χ1n) is 6.13. The third-order valence-corrected chi connectivity index (χ3v) is 4.85. The minimum absolute atomic E-state index is 0. The number of aromatic nitrogens is 1. The Labute approximate surface area is 157 Å². The number of rotatable bonds is 1. The number of hydrogen-bond donors (Lipinski definition) is 1. The van der Waals surface area contributed by atoms with E-state index in [1.165, 1.54) is 31.4 Å². The Balaban J connectivity index is 0.00000144. The van der Waals surface area contributed by atoms with Gasteiger partial charge in [-0.1, -0.05) is 33.6 Å². The second-order valence-corrected chi connectivity index (χ2v) is 7.50. The van der Waals surface area contributed by atoms with Crippen LogP contribution in [0.15, 0.2) is 9.72 Å². The molecule has 0 radical (unpaired) electrons. The summed E-state index contributed by atoms with van der Waals surface area (Å²) in [5, 5.41) is 2.21. The van der Waals surface area contributed by atoms with Crippen LogP contribution in [-0.2, 0) is 0 Å². The van der Waals surface area contributed by atoms with Gasteiger partial charge in [-0.2, -0.15) is 0 Å². The summed E-state index contributed by atoms with van der Waals surface area (Å²) in [5.41, 5.74) is 1.68. The standard InChI is InChI=1S/C13H21NS2.K.H/c1-13(2,3)10-7-5-4-6-9(10)11-8-16-12(15)14-11;;/h8-10H,4-7H2,1-3H3,(H,14,15);;. The average Bonchev–Trinajstić information content (AvgIpc) is 2.64. The fraction of sp³-hybridized carbons (Fsp3) is 0.769. The van der Waals surface area contributed by atoms with Crippen molar-refractivity contribution >= 4 is 75.4 Å². The van der Waals surface area contributed by atoms with Crippen LogP contribution in [0.2, 0.25) is 0 Å². The topological polar surface area (TPSA) is 12.9 Å². The SMILES string of the molecule is CC(C)(C)C1CCCCC1c1csc(S)n1.[KH]. The fourth-order valence-electron chi connectivity index (χ4n) is 2.97. The van der Waals surface area contributed by atoms with E-state index < -0.39 is 0 Å². The van der Waals surface area contributed by atoms with Crippen molar-refractivity contribution in [3.8, 4) is 0 Å². The van der Waals surface area contributed by atoms with Crippen LogP contribution in [0.25, 0.3) is 0 Å². The van der Waals surface area contributed by atoms with Gasteiger partial charge < -0.3 is 0 Å². The summed E-state index contributed by atoms with van der Waals surface area (Å²) in [7, 11) is 0. The van der Waals surface area contributed by atoms with Crippen LogP contribution in [0.1, 0.15) is 58.1 Å². The Bertz CT molecular complexity index is 357. The van der Waals surface area contributed by atoms with Gasteiger partial charge in [-0.15, -0.1) is 24.0 Å². The van der Waals surface area contributed by atoms with E-state index in [4.69, 9.17) is 0 Å². The molecule has 2 rings (SSSR count). The summed E-state index contributed by atoms with van der Waals surface area (Å²) < 4.78 is 0.910. The molecule has 1 aliphatic carbocycles. The van der Waals surface area contributed by atoms with Gasteiger partial charge >= 0.3 is 51.4 Å². The molecule has 0 saturated heterocycles. The molecule has 17 heavy (non-hydrogen) atoms. The zero-order valence-electron chi connectivity index (χ0n) is 10.4. The molecule has 1 fully saturated rings. The Morgan fingerprint density at radius 1 is 1.29 bits per heavy atom. The van der Waals surface area contributed by atoms with Gasteiger partial charge in [0, 0.05) is 11.3 Å². The zero-order chi connectivity index (χ0) is 11.8. The van der Waals surface area contributed by atoms with Crippen LogP contribution in [0.5, 0.6) is 0 Å². The van der Waals surface area contributed by atoms with Crippen molar-refractivity contribution in [1.82, 2.24) is 4.98 Å². The van der Waals surface area contributed by atoms with Crippen LogP contribution in [-0.4, -0.2) is 56.4 Å². The summed E-state index contributed by atoms with van der Waals surface area (Å²) >= 11 is 6.00. The maximum absolute atomic E-state index is 4.58. The quantitative estimate of drug-likeness (QED) is 0.608. The Morgan fingerprint density at radius 3 is 2.47 bits per heavy atom. The molecule has 1 aromatic heterocycles. The van der Waals surface area contributed by atoms with Crippen LogP contribution < -0.4 is 0 Å². The number of thiazole rings is 1. The molecule has 2 unspecified atom stereocenters. The van der Waals surface area contributed by atoms with Crippen molar-refractivity contribution in [1.29, 1.82) is 0 Å². The van der Waals surface area contributed by atoms with Gasteiger partial charge in [0.1, 0.15) is 4.34 Å². The van der Waals surface area contributed by atoms with Crippen molar-refractivity contribution in [2.75, 3.05) is 0 Å². The normalized spacial score (nSPS) is 25.4.